The predicted octanol–water partition coefficient (Wildman–Crippen LogP) is 1.86. The summed E-state index contributed by atoms with van der Waals surface area (Å²) in [6.07, 6.45) is 2.16. The molecule has 1 heterocycles. The Morgan fingerprint density at radius 1 is 1.27 bits per heavy atom. The minimum absolute atomic E-state index is 0.0906. The van der Waals surface area contributed by atoms with Crippen LogP contribution in [0.15, 0.2) is 29.4 Å². The molecule has 3 rings (SSSR count). The van der Waals surface area contributed by atoms with Gasteiger partial charge in [-0.15, -0.1) is 5.10 Å². The van der Waals surface area contributed by atoms with Crippen molar-refractivity contribution in [3.8, 4) is 0 Å². The number of tetrazole rings is 1. The molecule has 0 radical (unpaired) electrons. The van der Waals surface area contributed by atoms with Gasteiger partial charge in [-0.2, -0.15) is 0 Å². The molecule has 138 valence electrons. The number of nitrogens with zero attached hydrogens (tertiary/aromatic N) is 4. The van der Waals surface area contributed by atoms with E-state index in [4.69, 9.17) is 5.73 Å². The van der Waals surface area contributed by atoms with Gasteiger partial charge >= 0.3 is 6.03 Å². The van der Waals surface area contributed by atoms with Crippen LogP contribution < -0.4 is 16.4 Å². The maximum atomic E-state index is 12.5. The molecule has 0 aliphatic heterocycles. The van der Waals surface area contributed by atoms with Crippen LogP contribution in [0.5, 0.6) is 0 Å². The number of aromatic nitrogens is 4. The van der Waals surface area contributed by atoms with E-state index in [0.29, 0.717) is 16.9 Å². The van der Waals surface area contributed by atoms with E-state index in [2.05, 4.69) is 26.2 Å². The maximum Gasteiger partial charge on any atom is 0.316 e. The molecule has 1 aromatic heterocycles. The number of primary amides is 1. The largest absolute Gasteiger partial charge is 0.351 e. The van der Waals surface area contributed by atoms with Gasteiger partial charge in [0.1, 0.15) is 0 Å². The first-order chi connectivity index (χ1) is 12.4. The van der Waals surface area contributed by atoms with Crippen LogP contribution in [-0.2, 0) is 4.79 Å². The van der Waals surface area contributed by atoms with Gasteiger partial charge in [0, 0.05) is 5.69 Å². The van der Waals surface area contributed by atoms with Crippen molar-refractivity contribution in [2.75, 3.05) is 5.32 Å². The van der Waals surface area contributed by atoms with Crippen LogP contribution >= 0.6 is 11.8 Å². The van der Waals surface area contributed by atoms with Crippen molar-refractivity contribution in [2.45, 2.75) is 49.2 Å². The normalized spacial score (nSPS) is 15.9. The van der Waals surface area contributed by atoms with Crippen molar-refractivity contribution in [3.05, 3.63) is 29.8 Å². The molecule has 2 aromatic rings. The number of hydrogen-bond donors (Lipinski definition) is 3. The standard InChI is InChI=1S/C16H21N7O2S/c1-9(11-3-5-12(6-4-11)19-15(17)25)18-14(24)10(2)26-16-20-21-22-23(16)13-7-8-13/h3-6,9-10,13H,7-8H2,1-2H3,(H,18,24)(H3,17,19,25). The summed E-state index contributed by atoms with van der Waals surface area (Å²) in [6.45, 7) is 3.73. The summed E-state index contributed by atoms with van der Waals surface area (Å²) in [6, 6.07) is 6.74. The van der Waals surface area contributed by atoms with Gasteiger partial charge in [0.2, 0.25) is 11.1 Å². The molecule has 3 amide bonds. The highest BCUT2D eigenvalue weighted by molar-refractivity contribution is 8.00. The number of rotatable bonds is 7. The fraction of sp³-hybridized carbons (Fsp3) is 0.438. The summed E-state index contributed by atoms with van der Waals surface area (Å²) in [5.74, 6) is -0.0906. The molecule has 26 heavy (non-hydrogen) atoms. The number of hydrogen-bond acceptors (Lipinski definition) is 6. The minimum atomic E-state index is -0.613. The van der Waals surface area contributed by atoms with Crippen molar-refractivity contribution in [2.24, 2.45) is 5.73 Å². The summed E-state index contributed by atoms with van der Waals surface area (Å²) in [5.41, 5.74) is 6.62. The lowest BCUT2D eigenvalue weighted by Gasteiger charge is -2.18. The lowest BCUT2D eigenvalue weighted by atomic mass is 10.1. The average Bonchev–Trinajstić information content (AvgIpc) is 3.34. The highest BCUT2D eigenvalue weighted by Crippen LogP contribution is 2.37. The van der Waals surface area contributed by atoms with Crippen molar-refractivity contribution in [1.82, 2.24) is 25.5 Å². The Kier molecular flexibility index (Phi) is 5.40. The molecular weight excluding hydrogens is 354 g/mol. The van der Waals surface area contributed by atoms with Crippen molar-refractivity contribution in [1.29, 1.82) is 0 Å². The van der Waals surface area contributed by atoms with Gasteiger partial charge in [-0.1, -0.05) is 23.9 Å². The van der Waals surface area contributed by atoms with Gasteiger partial charge in [0.05, 0.1) is 17.3 Å². The highest BCUT2D eigenvalue weighted by atomic mass is 32.2. The molecule has 2 atom stereocenters. The van der Waals surface area contributed by atoms with Gasteiger partial charge in [0.15, 0.2) is 0 Å². The van der Waals surface area contributed by atoms with Crippen LogP contribution in [0.1, 0.15) is 44.3 Å². The first-order valence-corrected chi connectivity index (χ1v) is 9.23. The summed E-state index contributed by atoms with van der Waals surface area (Å²) >= 11 is 1.35. The number of carbonyl (C=O) groups is 2. The van der Waals surface area contributed by atoms with Gasteiger partial charge < -0.3 is 16.4 Å². The second-order valence-corrected chi connectivity index (χ2v) is 7.55. The van der Waals surface area contributed by atoms with Crippen LogP contribution in [0.3, 0.4) is 0 Å². The molecule has 1 saturated carbocycles. The van der Waals surface area contributed by atoms with E-state index in [9.17, 15) is 9.59 Å². The van der Waals surface area contributed by atoms with Gasteiger partial charge in [0.25, 0.3) is 0 Å². The molecule has 4 N–H and O–H groups in total. The smallest absolute Gasteiger partial charge is 0.316 e. The number of nitrogens with one attached hydrogen (secondary N) is 2. The summed E-state index contributed by atoms with van der Waals surface area (Å²) in [4.78, 5) is 23.3. The molecule has 9 nitrogen and oxygen atoms in total. The third-order valence-corrected chi connectivity index (χ3v) is 5.09. The Bertz CT molecular complexity index is 788. The molecule has 1 aromatic carbocycles. The van der Waals surface area contributed by atoms with E-state index in [1.54, 1.807) is 16.8 Å². The zero-order valence-corrected chi connectivity index (χ0v) is 15.4. The number of benzene rings is 1. The number of thioether (sulfide) groups is 1. The van der Waals surface area contributed by atoms with Gasteiger partial charge in [-0.3, -0.25) is 4.79 Å². The van der Waals surface area contributed by atoms with E-state index in [0.717, 1.165) is 18.4 Å². The van der Waals surface area contributed by atoms with Crippen LogP contribution in [0.4, 0.5) is 10.5 Å². The molecule has 1 fully saturated rings. The second-order valence-electron chi connectivity index (χ2n) is 6.24. The van der Waals surface area contributed by atoms with Crippen LogP contribution in [-0.4, -0.2) is 37.4 Å². The van der Waals surface area contributed by atoms with E-state index < -0.39 is 6.03 Å². The zero-order valence-electron chi connectivity index (χ0n) is 14.5. The Morgan fingerprint density at radius 3 is 2.58 bits per heavy atom. The molecule has 2 unspecified atom stereocenters. The van der Waals surface area contributed by atoms with Crippen LogP contribution in [0, 0.1) is 0 Å². The Morgan fingerprint density at radius 2 is 1.96 bits per heavy atom. The fourth-order valence-corrected chi connectivity index (χ4v) is 3.30. The first-order valence-electron chi connectivity index (χ1n) is 8.35. The summed E-state index contributed by atoms with van der Waals surface area (Å²) in [7, 11) is 0. The molecule has 10 heteroatoms. The first kappa shape index (κ1) is 18.2. The van der Waals surface area contributed by atoms with E-state index in [1.165, 1.54) is 11.8 Å². The third-order valence-electron chi connectivity index (χ3n) is 4.04. The van der Waals surface area contributed by atoms with E-state index in [-0.39, 0.29) is 17.2 Å². The quantitative estimate of drug-likeness (QED) is 0.634. The van der Waals surface area contributed by atoms with Gasteiger partial charge in [-0.25, -0.2) is 9.48 Å². The summed E-state index contributed by atoms with van der Waals surface area (Å²) in [5, 5.41) is 17.5. The number of anilines is 1. The average molecular weight is 375 g/mol. The SMILES string of the molecule is CC(Sc1nnnn1C1CC1)C(=O)NC(C)c1ccc(NC(N)=O)cc1. The lowest BCUT2D eigenvalue weighted by Crippen LogP contribution is -2.33. The van der Waals surface area contributed by atoms with E-state index >= 15 is 0 Å². The molecule has 1 aliphatic carbocycles. The fourth-order valence-electron chi connectivity index (χ4n) is 2.43. The number of urea groups is 1. The Labute approximate surface area is 155 Å². The monoisotopic (exact) mass is 375 g/mol. The molecule has 0 bridgehead atoms. The number of amides is 3. The zero-order chi connectivity index (χ0) is 18.7. The second kappa shape index (κ2) is 7.73. The molecule has 1 aliphatic rings. The topological polar surface area (TPSA) is 128 Å². The predicted molar refractivity (Wildman–Crippen MR) is 97.6 cm³/mol. The highest BCUT2D eigenvalue weighted by Gasteiger charge is 2.29. The van der Waals surface area contributed by atoms with Crippen LogP contribution in [0.2, 0.25) is 0 Å². The van der Waals surface area contributed by atoms with Gasteiger partial charge in [-0.05, 0) is 54.8 Å². The van der Waals surface area contributed by atoms with Crippen molar-refractivity contribution >= 4 is 29.4 Å². The lowest BCUT2D eigenvalue weighted by molar-refractivity contribution is -0.120. The molecule has 0 spiro atoms. The summed E-state index contributed by atoms with van der Waals surface area (Å²) < 4.78 is 1.79. The van der Waals surface area contributed by atoms with E-state index in [1.807, 2.05) is 26.0 Å². The van der Waals surface area contributed by atoms with Crippen molar-refractivity contribution < 1.29 is 9.59 Å². The van der Waals surface area contributed by atoms with Crippen molar-refractivity contribution in [3.63, 3.8) is 0 Å². The van der Waals surface area contributed by atoms with Crippen LogP contribution in [0.25, 0.3) is 0 Å². The third kappa shape index (κ3) is 4.51. The molecular formula is C16H21N7O2S. The molecule has 0 saturated heterocycles. The maximum absolute atomic E-state index is 12.5. The number of carbonyl (C=O) groups excluding carboxylic acids is 2. The minimum Gasteiger partial charge on any atom is -0.351 e. The Hall–Kier alpha value is -2.62. The Balaban J connectivity index is 1.56. The number of nitrogens with two attached hydrogens (primary N) is 1.